The van der Waals surface area contributed by atoms with Crippen molar-refractivity contribution in [3.63, 3.8) is 0 Å². The molecule has 204 valence electrons. The van der Waals surface area contributed by atoms with Crippen LogP contribution in [0.1, 0.15) is 0 Å². The van der Waals surface area contributed by atoms with Crippen molar-refractivity contribution in [1.82, 2.24) is 0 Å². The van der Waals surface area contributed by atoms with Crippen LogP contribution >= 0.6 is 23.0 Å². The summed E-state index contributed by atoms with van der Waals surface area (Å²) in [5, 5.41) is 6.06. The van der Waals surface area contributed by atoms with Crippen LogP contribution in [0.5, 0.6) is 34.5 Å². The number of rotatable bonds is 0. The second kappa shape index (κ2) is 7.90. The fourth-order valence-electron chi connectivity index (χ4n) is 5.55. The second-order valence-corrected chi connectivity index (χ2v) is 16.4. The van der Waals surface area contributed by atoms with Crippen molar-refractivity contribution in [1.29, 1.82) is 0 Å². The molecular weight excluding hydrogens is 591 g/mol. The van der Waals surface area contributed by atoms with E-state index in [-0.39, 0.29) is 0 Å². The maximum absolute atomic E-state index is 6.50. The van der Waals surface area contributed by atoms with E-state index in [1.807, 2.05) is 109 Å². The van der Waals surface area contributed by atoms with Gasteiger partial charge in [0.2, 0.25) is 0 Å². The Hall–Kier alpha value is -4.41. The second-order valence-electron chi connectivity index (χ2n) is 10.2. The van der Waals surface area contributed by atoms with Crippen LogP contribution in [0.2, 0.25) is 0 Å². The molecule has 0 saturated carbocycles. The number of benzene rings is 6. The van der Waals surface area contributed by atoms with E-state index in [9.17, 15) is 0 Å². The monoisotopic (exact) mass is 609 g/mol. The molecule has 10 rings (SSSR count). The van der Waals surface area contributed by atoms with Crippen molar-refractivity contribution < 1.29 is 27.1 Å². The largest absolute Gasteiger partial charge is 0.461 e. The molecule has 6 aromatic carbocycles. The molecule has 42 heavy (non-hydrogen) atoms. The molecule has 0 atom stereocenters. The zero-order chi connectivity index (χ0) is 27.5. The van der Waals surface area contributed by atoms with Crippen molar-refractivity contribution >= 4 is 55.3 Å². The lowest BCUT2D eigenvalue weighted by atomic mass is 10.1. The van der Waals surface area contributed by atoms with E-state index >= 15 is 0 Å². The summed E-state index contributed by atoms with van der Waals surface area (Å²) in [5.74, 6) is 3.24. The van der Waals surface area contributed by atoms with E-state index in [4.69, 9.17) is 40.7 Å². The van der Waals surface area contributed by atoms with E-state index in [1.54, 1.807) is 0 Å². The Balaban J connectivity index is 1.18. The lowest BCUT2D eigenvalue weighted by Gasteiger charge is -2.24. The van der Waals surface area contributed by atoms with Gasteiger partial charge in [0.05, 0.1) is 0 Å². The Bertz CT molecular complexity index is 1960. The van der Waals surface area contributed by atoms with Crippen molar-refractivity contribution in [2.75, 3.05) is 0 Å². The van der Waals surface area contributed by atoms with Gasteiger partial charge in [-0.05, 0) is 68.7 Å². The van der Waals surface area contributed by atoms with Crippen LogP contribution in [0.3, 0.4) is 0 Å². The molecule has 0 aliphatic carbocycles. The topological polar surface area (TPSA) is 92.5 Å². The Morgan fingerprint density at radius 2 is 0.500 bits per heavy atom. The predicted octanol–water partition coefficient (Wildman–Crippen LogP) is 10.7. The Morgan fingerprint density at radius 3 is 0.690 bits per heavy atom. The van der Waals surface area contributed by atoms with E-state index < -0.39 is 23.0 Å². The molecule has 0 aromatic heterocycles. The standard InChI is InChI=1S/C30H18N3O6P3/c1-2-8-20-14-26-25(13-19(20)7-1)34-40(35-26)31-41(36-27-15-21-9-3-4-10-22(21)16-28(27)37-41)33-42(32-40)38-29-17-23-11-5-6-12-24(23)18-30(29)39-42/h1-18H. The first-order chi connectivity index (χ1) is 20.5. The third-order valence-corrected chi connectivity index (χ3v) is 15.5. The highest BCUT2D eigenvalue weighted by Crippen LogP contribution is 2.83. The fraction of sp³-hybridized carbons (Fsp3) is 0. The molecule has 4 aliphatic rings. The molecule has 6 aromatic rings. The lowest BCUT2D eigenvalue weighted by molar-refractivity contribution is 0.519. The molecule has 0 bridgehead atoms. The zero-order valence-corrected chi connectivity index (χ0v) is 24.2. The van der Waals surface area contributed by atoms with E-state index in [0.29, 0.717) is 34.5 Å². The highest BCUT2D eigenvalue weighted by atomic mass is 31.3. The van der Waals surface area contributed by atoms with Crippen LogP contribution in [-0.4, -0.2) is 0 Å². The molecule has 0 unspecified atom stereocenters. The van der Waals surface area contributed by atoms with Gasteiger partial charge < -0.3 is 27.1 Å². The van der Waals surface area contributed by atoms with E-state index in [1.165, 1.54) is 0 Å². The van der Waals surface area contributed by atoms with Crippen LogP contribution in [0.15, 0.2) is 123 Å². The Kier molecular flexibility index (Phi) is 4.36. The average Bonchev–Trinajstić information content (AvgIpc) is 3.60. The van der Waals surface area contributed by atoms with Gasteiger partial charge in [0, 0.05) is 0 Å². The first-order valence-electron chi connectivity index (χ1n) is 13.2. The summed E-state index contributed by atoms with van der Waals surface area (Å²) in [6, 6.07) is 35.6. The van der Waals surface area contributed by atoms with Crippen LogP contribution in [0.4, 0.5) is 0 Å². The lowest BCUT2D eigenvalue weighted by Crippen LogP contribution is -2.02. The van der Waals surface area contributed by atoms with Gasteiger partial charge in [-0.3, -0.25) is 0 Å². The summed E-state index contributed by atoms with van der Waals surface area (Å²) < 4.78 is 53.9. The molecule has 0 radical (unpaired) electrons. The summed E-state index contributed by atoms with van der Waals surface area (Å²) in [6.07, 6.45) is 0. The van der Waals surface area contributed by atoms with E-state index in [2.05, 4.69) is 0 Å². The molecule has 4 heterocycles. The van der Waals surface area contributed by atoms with Crippen molar-refractivity contribution in [2.45, 2.75) is 0 Å². The van der Waals surface area contributed by atoms with Crippen molar-refractivity contribution in [2.24, 2.45) is 13.5 Å². The molecular formula is C30H18N3O6P3. The summed E-state index contributed by atoms with van der Waals surface area (Å²) in [7, 11) is -10.3. The third-order valence-electron chi connectivity index (χ3n) is 7.42. The average molecular weight is 609 g/mol. The number of hydrogen-bond donors (Lipinski definition) is 0. The zero-order valence-electron chi connectivity index (χ0n) is 21.5. The number of fused-ring (bicyclic) bond motifs is 6. The quantitative estimate of drug-likeness (QED) is 0.159. The van der Waals surface area contributed by atoms with Gasteiger partial charge in [-0.15, -0.1) is 0 Å². The minimum atomic E-state index is -3.45. The molecule has 3 spiro atoms. The minimum Gasteiger partial charge on any atom is -0.409 e. The third kappa shape index (κ3) is 3.36. The summed E-state index contributed by atoms with van der Waals surface area (Å²) in [4.78, 5) is 0. The Morgan fingerprint density at radius 1 is 0.310 bits per heavy atom. The number of nitrogens with zero attached hydrogens (tertiary/aromatic N) is 3. The smallest absolute Gasteiger partial charge is 0.409 e. The van der Waals surface area contributed by atoms with Gasteiger partial charge in [0.25, 0.3) is 0 Å². The molecule has 4 aliphatic heterocycles. The van der Waals surface area contributed by atoms with Crippen LogP contribution < -0.4 is 27.1 Å². The van der Waals surface area contributed by atoms with Crippen molar-refractivity contribution in [3.8, 4) is 34.5 Å². The maximum atomic E-state index is 6.50. The summed E-state index contributed by atoms with van der Waals surface area (Å²) >= 11 is 0. The SMILES string of the molecule is c1ccc2cc3c(cc2c1)OP1(=NP2(=NP4(=N1)Oc1cc5ccccc5cc1O4)Oc1cc4ccccc4cc1O2)O3. The highest BCUT2D eigenvalue weighted by Gasteiger charge is 2.54. The van der Waals surface area contributed by atoms with Crippen molar-refractivity contribution in [3.05, 3.63) is 109 Å². The maximum Gasteiger partial charge on any atom is 0.461 e. The van der Waals surface area contributed by atoms with Gasteiger partial charge >= 0.3 is 23.0 Å². The fourth-order valence-corrected chi connectivity index (χ4v) is 14.6. The van der Waals surface area contributed by atoms with Gasteiger partial charge in [-0.25, -0.2) is 0 Å². The van der Waals surface area contributed by atoms with Gasteiger partial charge in [0.15, 0.2) is 34.5 Å². The Labute approximate surface area is 239 Å². The minimum absolute atomic E-state index is 0.539. The molecule has 0 amide bonds. The van der Waals surface area contributed by atoms with Crippen LogP contribution in [0, 0.1) is 0 Å². The normalized spacial score (nSPS) is 18.9. The molecule has 12 heteroatoms. The van der Waals surface area contributed by atoms with Crippen LogP contribution in [-0.2, 0) is 0 Å². The van der Waals surface area contributed by atoms with Crippen LogP contribution in [0.25, 0.3) is 32.3 Å². The first kappa shape index (κ1) is 23.2. The molecule has 0 fully saturated rings. The first-order valence-corrected chi connectivity index (χ1v) is 17.8. The summed E-state index contributed by atoms with van der Waals surface area (Å²) in [6.45, 7) is 0. The molecule has 0 N–H and O–H groups in total. The molecule has 9 nitrogen and oxygen atoms in total. The summed E-state index contributed by atoms with van der Waals surface area (Å²) in [5.41, 5.74) is 0. The van der Waals surface area contributed by atoms with Gasteiger partial charge in [0.1, 0.15) is 0 Å². The molecule has 0 saturated heterocycles. The highest BCUT2D eigenvalue weighted by molar-refractivity contribution is 7.79. The predicted molar refractivity (Wildman–Crippen MR) is 164 cm³/mol. The number of hydrogen-bond acceptors (Lipinski definition) is 9. The van der Waals surface area contributed by atoms with E-state index in [0.717, 1.165) is 32.3 Å². The van der Waals surface area contributed by atoms with Gasteiger partial charge in [-0.1, -0.05) is 86.3 Å². The van der Waals surface area contributed by atoms with Gasteiger partial charge in [-0.2, -0.15) is 0 Å².